The second kappa shape index (κ2) is 2.18. The minimum Gasteiger partial charge on any atom is -0.453 e. The Bertz CT molecular complexity index is 110. The third kappa shape index (κ3) is 1.22. The van der Waals surface area contributed by atoms with E-state index >= 15 is 0 Å². The largest absolute Gasteiger partial charge is 0.453 e. The van der Waals surface area contributed by atoms with Crippen molar-refractivity contribution in [2.75, 3.05) is 0 Å². The predicted molar refractivity (Wildman–Crippen MR) is 26.5 cm³/mol. The van der Waals surface area contributed by atoms with E-state index in [-0.39, 0.29) is 0 Å². The fourth-order valence-corrected chi connectivity index (χ4v) is 0.265. The molecule has 1 heterocycles. The molecule has 7 heavy (non-hydrogen) atoms. The Kier molecular flexibility index (Phi) is 1.28. The summed E-state index contributed by atoms with van der Waals surface area (Å²) in [5.74, 6) is 0. The van der Waals surface area contributed by atoms with Gasteiger partial charge in [0.25, 0.3) is 0 Å². The van der Waals surface area contributed by atoms with Crippen LogP contribution in [0.25, 0.3) is 0 Å². The smallest absolute Gasteiger partial charge is 0.180 e. The van der Waals surface area contributed by atoms with E-state index in [1.807, 2.05) is 0 Å². The van der Waals surface area contributed by atoms with Crippen molar-refractivity contribution >= 4 is 6.40 Å². The first-order chi connectivity index (χ1) is 3.50. The average Bonchev–Trinajstić information content (AvgIpc) is 1.90. The van der Waals surface area contributed by atoms with Gasteiger partial charge in [0.05, 0.1) is 0 Å². The van der Waals surface area contributed by atoms with E-state index in [0.717, 1.165) is 0 Å². The van der Waals surface area contributed by atoms with Crippen molar-refractivity contribution in [2.24, 2.45) is 4.99 Å². The van der Waals surface area contributed by atoms with Crippen LogP contribution in [0.4, 0.5) is 0 Å². The molecule has 1 radical (unpaired) electrons. The summed E-state index contributed by atoms with van der Waals surface area (Å²) < 4.78 is 4.60. The van der Waals surface area contributed by atoms with Gasteiger partial charge in [0.15, 0.2) is 6.40 Å². The second-order valence-corrected chi connectivity index (χ2v) is 0.991. The van der Waals surface area contributed by atoms with Crippen molar-refractivity contribution in [1.29, 1.82) is 0 Å². The van der Waals surface area contributed by atoms with Crippen molar-refractivity contribution in [2.45, 2.75) is 0 Å². The van der Waals surface area contributed by atoms with E-state index in [1.54, 1.807) is 12.3 Å². The van der Waals surface area contributed by atoms with Crippen molar-refractivity contribution in [3.05, 3.63) is 24.6 Å². The van der Waals surface area contributed by atoms with E-state index in [9.17, 15) is 0 Å². The zero-order chi connectivity index (χ0) is 4.95. The molecule has 0 amide bonds. The highest BCUT2D eigenvalue weighted by atomic mass is 16.5. The molecular weight excluding hydrogens is 90.1 g/mol. The number of aliphatic imine (C=N–C) groups is 1. The average molecular weight is 94.1 g/mol. The molecule has 1 aliphatic rings. The Hall–Kier alpha value is -1.05. The zero-order valence-corrected chi connectivity index (χ0v) is 3.66. The monoisotopic (exact) mass is 94.0 g/mol. The van der Waals surface area contributed by atoms with E-state index in [4.69, 9.17) is 0 Å². The molecule has 35 valence electrons. The Morgan fingerprint density at radius 1 is 1.57 bits per heavy atom. The fraction of sp³-hybridized carbons (Fsp3) is 0. The lowest BCUT2D eigenvalue weighted by atomic mass is 10.6. The molecule has 0 spiro atoms. The van der Waals surface area contributed by atoms with Gasteiger partial charge in [0.2, 0.25) is 0 Å². The van der Waals surface area contributed by atoms with E-state index in [1.165, 1.54) is 12.7 Å². The quantitative estimate of drug-likeness (QED) is 0.436. The van der Waals surface area contributed by atoms with Crippen LogP contribution in [-0.4, -0.2) is 6.40 Å². The topological polar surface area (TPSA) is 21.6 Å². The first kappa shape index (κ1) is 4.12. The SMILES string of the molecule is [C]1=COC=NC=C1. The molecule has 0 bridgehead atoms. The molecule has 0 unspecified atom stereocenters. The third-order valence-electron chi connectivity index (χ3n) is 0.515. The summed E-state index contributed by atoms with van der Waals surface area (Å²) in [6.45, 7) is 0. The molecule has 0 aromatic rings. The van der Waals surface area contributed by atoms with Gasteiger partial charge in [-0.1, -0.05) is 0 Å². The Morgan fingerprint density at radius 2 is 2.57 bits per heavy atom. The van der Waals surface area contributed by atoms with Crippen molar-refractivity contribution in [1.82, 2.24) is 0 Å². The number of hydrogen-bond acceptors (Lipinski definition) is 2. The highest BCUT2D eigenvalue weighted by Crippen LogP contribution is 1.82. The molecule has 1 rings (SSSR count). The molecule has 0 saturated heterocycles. The summed E-state index contributed by atoms with van der Waals surface area (Å²) in [5, 5.41) is 0. The van der Waals surface area contributed by atoms with Gasteiger partial charge in [0, 0.05) is 12.3 Å². The lowest BCUT2D eigenvalue weighted by Crippen LogP contribution is -1.68. The molecular formula is C5H4NO. The molecule has 0 aromatic heterocycles. The van der Waals surface area contributed by atoms with Gasteiger partial charge in [0.1, 0.15) is 6.26 Å². The third-order valence-corrected chi connectivity index (χ3v) is 0.515. The number of allylic oxidation sites excluding steroid dienone is 2. The molecule has 2 heteroatoms. The van der Waals surface area contributed by atoms with Crippen molar-refractivity contribution < 1.29 is 4.74 Å². The first-order valence-corrected chi connectivity index (χ1v) is 1.90. The van der Waals surface area contributed by atoms with Crippen LogP contribution >= 0.6 is 0 Å². The van der Waals surface area contributed by atoms with Crippen LogP contribution in [0.3, 0.4) is 0 Å². The number of rotatable bonds is 0. The molecule has 0 saturated carbocycles. The van der Waals surface area contributed by atoms with Crippen LogP contribution in [0, 0.1) is 6.08 Å². The van der Waals surface area contributed by atoms with Gasteiger partial charge >= 0.3 is 0 Å². The fourth-order valence-electron chi connectivity index (χ4n) is 0.265. The Labute approximate surface area is 41.8 Å². The van der Waals surface area contributed by atoms with Gasteiger partial charge in [-0.15, -0.1) is 0 Å². The predicted octanol–water partition coefficient (Wildman–Crippen LogP) is 0.875. The van der Waals surface area contributed by atoms with E-state index < -0.39 is 0 Å². The first-order valence-electron chi connectivity index (χ1n) is 1.90. The molecule has 0 fully saturated rings. The van der Waals surface area contributed by atoms with Crippen LogP contribution in [0.1, 0.15) is 0 Å². The van der Waals surface area contributed by atoms with Crippen LogP contribution in [0.15, 0.2) is 23.5 Å². The lowest BCUT2D eigenvalue weighted by molar-refractivity contribution is 0.493. The molecule has 0 aliphatic carbocycles. The van der Waals surface area contributed by atoms with Gasteiger partial charge in [-0.25, -0.2) is 4.99 Å². The Balaban J connectivity index is 2.60. The molecule has 0 aromatic carbocycles. The molecule has 2 nitrogen and oxygen atoms in total. The summed E-state index contributed by atoms with van der Waals surface area (Å²) in [6, 6.07) is 0. The standard InChI is InChI=1S/C5H4NO/c1-2-4-7-5-6-3-1/h1,3-5H. The summed E-state index contributed by atoms with van der Waals surface area (Å²) in [6.07, 6.45) is 8.75. The summed E-state index contributed by atoms with van der Waals surface area (Å²) in [7, 11) is 0. The summed E-state index contributed by atoms with van der Waals surface area (Å²) in [4.78, 5) is 3.65. The maximum absolute atomic E-state index is 4.60. The van der Waals surface area contributed by atoms with E-state index in [2.05, 4.69) is 15.8 Å². The number of hydrogen-bond donors (Lipinski definition) is 0. The highest BCUT2D eigenvalue weighted by Gasteiger charge is 1.71. The van der Waals surface area contributed by atoms with E-state index in [0.29, 0.717) is 0 Å². The molecule has 0 atom stereocenters. The highest BCUT2D eigenvalue weighted by molar-refractivity contribution is 5.48. The van der Waals surface area contributed by atoms with Crippen LogP contribution in [0.2, 0.25) is 0 Å². The Morgan fingerprint density at radius 3 is 3.57 bits per heavy atom. The lowest BCUT2D eigenvalue weighted by Gasteiger charge is -1.77. The van der Waals surface area contributed by atoms with Gasteiger partial charge in [-0.2, -0.15) is 0 Å². The minimum absolute atomic E-state index is 1.34. The zero-order valence-electron chi connectivity index (χ0n) is 3.66. The molecule has 0 N–H and O–H groups in total. The summed E-state index contributed by atoms with van der Waals surface area (Å²) in [5.41, 5.74) is 0. The second-order valence-electron chi connectivity index (χ2n) is 0.991. The van der Waals surface area contributed by atoms with Gasteiger partial charge in [-0.05, 0) is 6.08 Å². The van der Waals surface area contributed by atoms with Gasteiger partial charge in [-0.3, -0.25) is 0 Å². The van der Waals surface area contributed by atoms with Crippen LogP contribution < -0.4 is 0 Å². The van der Waals surface area contributed by atoms with Crippen molar-refractivity contribution in [3.63, 3.8) is 0 Å². The van der Waals surface area contributed by atoms with Gasteiger partial charge < -0.3 is 4.74 Å². The minimum atomic E-state index is 1.34. The number of ether oxygens (including phenoxy) is 1. The van der Waals surface area contributed by atoms with Crippen LogP contribution in [-0.2, 0) is 4.74 Å². The normalized spacial score (nSPS) is 16.0. The maximum atomic E-state index is 4.60. The maximum Gasteiger partial charge on any atom is 0.180 e. The summed E-state index contributed by atoms with van der Waals surface area (Å²) >= 11 is 0. The van der Waals surface area contributed by atoms with Crippen LogP contribution in [0.5, 0.6) is 0 Å². The van der Waals surface area contributed by atoms with Crippen molar-refractivity contribution in [3.8, 4) is 0 Å². The number of nitrogens with zero attached hydrogens (tertiary/aromatic N) is 1. The molecule has 1 aliphatic heterocycles.